The Kier molecular flexibility index (Phi) is 3.18. The monoisotopic (exact) mass is 231 g/mol. The van der Waals surface area contributed by atoms with E-state index in [1.54, 1.807) is 12.1 Å². The summed E-state index contributed by atoms with van der Waals surface area (Å²) >= 11 is 0. The molecular formula is C14H17NO2. The highest BCUT2D eigenvalue weighted by Gasteiger charge is 2.08. The largest absolute Gasteiger partial charge is 0.478 e. The number of hydrogen-bond acceptors (Lipinski definition) is 1. The summed E-state index contributed by atoms with van der Waals surface area (Å²) in [6.45, 7) is 5.38. The number of benzene rings is 1. The molecule has 90 valence electrons. The zero-order valence-corrected chi connectivity index (χ0v) is 10.2. The first kappa shape index (κ1) is 11.7. The predicted molar refractivity (Wildman–Crippen MR) is 68.4 cm³/mol. The Morgan fingerprint density at radius 1 is 1.41 bits per heavy atom. The molecule has 0 spiro atoms. The number of carboxylic acids is 1. The molecular weight excluding hydrogens is 214 g/mol. The van der Waals surface area contributed by atoms with Gasteiger partial charge in [0.25, 0.3) is 0 Å². The van der Waals surface area contributed by atoms with Crippen molar-refractivity contribution >= 4 is 16.9 Å². The molecule has 0 aliphatic carbocycles. The molecule has 3 heteroatoms. The van der Waals surface area contributed by atoms with Gasteiger partial charge in [0.1, 0.15) is 0 Å². The molecule has 0 aliphatic rings. The minimum atomic E-state index is -0.874. The van der Waals surface area contributed by atoms with Crippen LogP contribution in [0.2, 0.25) is 0 Å². The standard InChI is InChI=1S/C14H17NO2/c1-3-10(2)9-15-7-6-11-8-12(14(16)17)4-5-13(11)15/h4-8,10H,3,9H2,1-2H3,(H,16,17). The summed E-state index contributed by atoms with van der Waals surface area (Å²) in [5.74, 6) is -0.244. The molecule has 0 aliphatic heterocycles. The number of carboxylic acid groups (broad SMARTS) is 1. The molecule has 0 saturated carbocycles. The van der Waals surface area contributed by atoms with E-state index in [0.717, 1.165) is 23.9 Å². The average Bonchev–Trinajstić information content (AvgIpc) is 2.71. The van der Waals surface area contributed by atoms with E-state index >= 15 is 0 Å². The van der Waals surface area contributed by atoms with E-state index in [1.165, 1.54) is 0 Å². The Morgan fingerprint density at radius 3 is 2.82 bits per heavy atom. The molecule has 1 atom stereocenters. The van der Waals surface area contributed by atoms with Crippen molar-refractivity contribution in [2.75, 3.05) is 0 Å². The Bertz CT molecular complexity index is 542. The molecule has 0 bridgehead atoms. The van der Waals surface area contributed by atoms with Crippen LogP contribution in [-0.2, 0) is 6.54 Å². The number of rotatable bonds is 4. The van der Waals surface area contributed by atoms with Crippen LogP contribution in [0, 0.1) is 5.92 Å². The van der Waals surface area contributed by atoms with Crippen molar-refractivity contribution in [3.05, 3.63) is 36.0 Å². The summed E-state index contributed by atoms with van der Waals surface area (Å²) < 4.78 is 2.19. The molecule has 3 nitrogen and oxygen atoms in total. The fourth-order valence-corrected chi connectivity index (χ4v) is 1.96. The third kappa shape index (κ3) is 2.33. The van der Waals surface area contributed by atoms with Crippen molar-refractivity contribution in [2.24, 2.45) is 5.92 Å². The average molecular weight is 231 g/mol. The highest BCUT2D eigenvalue weighted by molar-refractivity contribution is 5.93. The summed E-state index contributed by atoms with van der Waals surface area (Å²) in [4.78, 5) is 10.9. The van der Waals surface area contributed by atoms with Crippen molar-refractivity contribution in [3.63, 3.8) is 0 Å². The Labute approximate surface area is 101 Å². The molecule has 1 unspecified atom stereocenters. The van der Waals surface area contributed by atoms with Crippen molar-refractivity contribution in [1.29, 1.82) is 0 Å². The highest BCUT2D eigenvalue weighted by Crippen LogP contribution is 2.19. The van der Waals surface area contributed by atoms with Crippen molar-refractivity contribution in [3.8, 4) is 0 Å². The number of hydrogen-bond donors (Lipinski definition) is 1. The lowest BCUT2D eigenvalue weighted by Gasteiger charge is -2.11. The molecule has 1 N–H and O–H groups in total. The lowest BCUT2D eigenvalue weighted by Crippen LogP contribution is -2.05. The minimum Gasteiger partial charge on any atom is -0.478 e. The second-order valence-electron chi connectivity index (χ2n) is 4.56. The third-order valence-electron chi connectivity index (χ3n) is 3.22. The first-order valence-electron chi connectivity index (χ1n) is 5.94. The van der Waals surface area contributed by atoms with Crippen LogP contribution in [0.4, 0.5) is 0 Å². The molecule has 2 aromatic rings. The van der Waals surface area contributed by atoms with Gasteiger partial charge in [0, 0.05) is 23.6 Å². The summed E-state index contributed by atoms with van der Waals surface area (Å²) in [6.07, 6.45) is 3.18. The van der Waals surface area contributed by atoms with Gasteiger partial charge < -0.3 is 9.67 Å². The van der Waals surface area contributed by atoms with Gasteiger partial charge in [0.05, 0.1) is 5.56 Å². The van der Waals surface area contributed by atoms with Crippen LogP contribution in [0.5, 0.6) is 0 Å². The van der Waals surface area contributed by atoms with Crippen molar-refractivity contribution < 1.29 is 9.90 Å². The fourth-order valence-electron chi connectivity index (χ4n) is 1.96. The fraction of sp³-hybridized carbons (Fsp3) is 0.357. The zero-order valence-electron chi connectivity index (χ0n) is 10.2. The molecule has 0 saturated heterocycles. The SMILES string of the molecule is CCC(C)Cn1ccc2cc(C(=O)O)ccc21. The Balaban J connectivity index is 2.38. The van der Waals surface area contributed by atoms with Gasteiger partial charge in [-0.1, -0.05) is 20.3 Å². The van der Waals surface area contributed by atoms with Gasteiger partial charge in [0.15, 0.2) is 0 Å². The summed E-state index contributed by atoms with van der Waals surface area (Å²) in [7, 11) is 0. The van der Waals surface area contributed by atoms with E-state index in [1.807, 2.05) is 18.3 Å². The van der Waals surface area contributed by atoms with Crippen molar-refractivity contribution in [1.82, 2.24) is 4.57 Å². The van der Waals surface area contributed by atoms with E-state index in [9.17, 15) is 4.79 Å². The molecule has 0 radical (unpaired) electrons. The lowest BCUT2D eigenvalue weighted by atomic mass is 10.1. The van der Waals surface area contributed by atoms with Gasteiger partial charge in [-0.2, -0.15) is 0 Å². The van der Waals surface area contributed by atoms with Crippen LogP contribution in [0.15, 0.2) is 30.5 Å². The maximum Gasteiger partial charge on any atom is 0.335 e. The quantitative estimate of drug-likeness (QED) is 0.876. The maximum atomic E-state index is 10.9. The van der Waals surface area contributed by atoms with Gasteiger partial charge in [-0.25, -0.2) is 4.79 Å². The number of carbonyl (C=O) groups is 1. The number of fused-ring (bicyclic) bond motifs is 1. The molecule has 1 aromatic carbocycles. The number of nitrogens with zero attached hydrogens (tertiary/aromatic N) is 1. The summed E-state index contributed by atoms with van der Waals surface area (Å²) in [6, 6.07) is 7.26. The van der Waals surface area contributed by atoms with Gasteiger partial charge in [-0.05, 0) is 30.2 Å². The van der Waals surface area contributed by atoms with E-state index in [0.29, 0.717) is 11.5 Å². The number of aromatic nitrogens is 1. The van der Waals surface area contributed by atoms with E-state index < -0.39 is 5.97 Å². The third-order valence-corrected chi connectivity index (χ3v) is 3.22. The van der Waals surface area contributed by atoms with Gasteiger partial charge in [0.2, 0.25) is 0 Å². The van der Waals surface area contributed by atoms with Gasteiger partial charge in [-0.3, -0.25) is 0 Å². The lowest BCUT2D eigenvalue weighted by molar-refractivity contribution is 0.0697. The highest BCUT2D eigenvalue weighted by atomic mass is 16.4. The zero-order chi connectivity index (χ0) is 12.4. The first-order chi connectivity index (χ1) is 8.11. The topological polar surface area (TPSA) is 42.2 Å². The van der Waals surface area contributed by atoms with Crippen LogP contribution >= 0.6 is 0 Å². The molecule has 0 fully saturated rings. The second kappa shape index (κ2) is 4.62. The van der Waals surface area contributed by atoms with Crippen LogP contribution in [0.25, 0.3) is 10.9 Å². The van der Waals surface area contributed by atoms with E-state index in [4.69, 9.17) is 5.11 Å². The molecule has 1 aromatic heterocycles. The van der Waals surface area contributed by atoms with Crippen molar-refractivity contribution in [2.45, 2.75) is 26.8 Å². The van der Waals surface area contributed by atoms with Crippen LogP contribution in [0.1, 0.15) is 30.6 Å². The van der Waals surface area contributed by atoms with E-state index in [-0.39, 0.29) is 0 Å². The van der Waals surface area contributed by atoms with Crippen LogP contribution < -0.4 is 0 Å². The molecule has 1 heterocycles. The molecule has 2 rings (SSSR count). The molecule has 0 amide bonds. The maximum absolute atomic E-state index is 10.9. The minimum absolute atomic E-state index is 0.346. The molecule has 17 heavy (non-hydrogen) atoms. The first-order valence-corrected chi connectivity index (χ1v) is 5.94. The van der Waals surface area contributed by atoms with Crippen LogP contribution in [-0.4, -0.2) is 15.6 Å². The number of aromatic carboxylic acids is 1. The normalized spacial score (nSPS) is 12.8. The smallest absolute Gasteiger partial charge is 0.335 e. The predicted octanol–water partition coefficient (Wildman–Crippen LogP) is 3.39. The van der Waals surface area contributed by atoms with Crippen LogP contribution in [0.3, 0.4) is 0 Å². The van der Waals surface area contributed by atoms with Gasteiger partial charge >= 0.3 is 5.97 Å². The Morgan fingerprint density at radius 2 is 2.18 bits per heavy atom. The summed E-state index contributed by atoms with van der Waals surface area (Å²) in [5, 5.41) is 9.92. The summed E-state index contributed by atoms with van der Waals surface area (Å²) in [5.41, 5.74) is 1.45. The van der Waals surface area contributed by atoms with Gasteiger partial charge in [-0.15, -0.1) is 0 Å². The van der Waals surface area contributed by atoms with E-state index in [2.05, 4.69) is 18.4 Å². The Hall–Kier alpha value is -1.77. The second-order valence-corrected chi connectivity index (χ2v) is 4.56.